The molecule has 0 saturated heterocycles. The van der Waals surface area contributed by atoms with Gasteiger partial charge in [-0.3, -0.25) is 9.59 Å². The van der Waals surface area contributed by atoms with Crippen LogP contribution in [0.5, 0.6) is 5.75 Å². The molecule has 0 spiro atoms. The smallest absolute Gasteiger partial charge is 0.387 e. The normalized spacial score (nSPS) is 11.6. The number of benzene rings is 3. The van der Waals surface area contributed by atoms with Crippen LogP contribution in [0.1, 0.15) is 27.5 Å². The van der Waals surface area contributed by atoms with Crippen molar-refractivity contribution in [2.24, 2.45) is 0 Å². The van der Waals surface area contributed by atoms with Crippen molar-refractivity contribution in [3.05, 3.63) is 102 Å². The van der Waals surface area contributed by atoms with Crippen LogP contribution in [-0.4, -0.2) is 25.0 Å². The molecule has 3 aromatic rings. The summed E-state index contributed by atoms with van der Waals surface area (Å²) in [5, 5.41) is 5.61. The minimum absolute atomic E-state index is 0.0792. The minimum atomic E-state index is -2.87. The maximum atomic E-state index is 12.8. The fraction of sp³-hybridized carbons (Fsp3) is 0.167. The molecule has 0 aliphatic heterocycles. The van der Waals surface area contributed by atoms with Gasteiger partial charge in [0.1, 0.15) is 11.8 Å². The van der Waals surface area contributed by atoms with Crippen LogP contribution in [0.3, 0.4) is 0 Å². The summed E-state index contributed by atoms with van der Waals surface area (Å²) in [6.45, 7) is -2.55. The van der Waals surface area contributed by atoms with E-state index in [-0.39, 0.29) is 17.6 Å². The zero-order valence-corrected chi connectivity index (χ0v) is 16.6. The van der Waals surface area contributed by atoms with E-state index in [1.165, 1.54) is 12.1 Å². The van der Waals surface area contributed by atoms with Crippen LogP contribution in [0.25, 0.3) is 0 Å². The van der Waals surface area contributed by atoms with Gasteiger partial charge in [0.15, 0.2) is 0 Å². The summed E-state index contributed by atoms with van der Waals surface area (Å²) in [7, 11) is 0. The number of ether oxygens (including phenoxy) is 1. The number of alkyl halides is 2. The first-order valence-corrected chi connectivity index (χ1v) is 9.75. The second kappa shape index (κ2) is 10.9. The monoisotopic (exact) mass is 424 g/mol. The first-order chi connectivity index (χ1) is 15.0. The predicted octanol–water partition coefficient (Wildman–Crippen LogP) is 4.12. The van der Waals surface area contributed by atoms with E-state index >= 15 is 0 Å². The zero-order chi connectivity index (χ0) is 22.1. The molecule has 0 saturated carbocycles. The van der Waals surface area contributed by atoms with Crippen molar-refractivity contribution in [1.29, 1.82) is 0 Å². The van der Waals surface area contributed by atoms with Crippen molar-refractivity contribution >= 4 is 11.8 Å². The van der Waals surface area contributed by atoms with E-state index in [0.717, 1.165) is 5.56 Å². The van der Waals surface area contributed by atoms with Gasteiger partial charge in [-0.25, -0.2) is 0 Å². The van der Waals surface area contributed by atoms with Gasteiger partial charge in [-0.15, -0.1) is 0 Å². The van der Waals surface area contributed by atoms with Crippen LogP contribution >= 0.6 is 0 Å². The Balaban J connectivity index is 1.61. The van der Waals surface area contributed by atoms with Crippen molar-refractivity contribution in [2.75, 3.05) is 6.54 Å². The van der Waals surface area contributed by atoms with Gasteiger partial charge in [0, 0.05) is 12.1 Å². The Morgan fingerprint density at radius 2 is 1.45 bits per heavy atom. The second-order valence-corrected chi connectivity index (χ2v) is 6.75. The van der Waals surface area contributed by atoms with Gasteiger partial charge in [-0.05, 0) is 41.8 Å². The lowest BCUT2D eigenvalue weighted by molar-refractivity contribution is -0.123. The molecule has 31 heavy (non-hydrogen) atoms. The number of hydrogen-bond donors (Lipinski definition) is 2. The van der Waals surface area contributed by atoms with Crippen LogP contribution in [0.15, 0.2) is 84.9 Å². The molecule has 0 radical (unpaired) electrons. The third-order valence-electron chi connectivity index (χ3n) is 4.57. The molecule has 3 rings (SSSR count). The van der Waals surface area contributed by atoms with Crippen LogP contribution in [0, 0.1) is 0 Å². The van der Waals surface area contributed by atoms with Gasteiger partial charge in [0.05, 0.1) is 0 Å². The molecule has 0 aliphatic rings. The maximum absolute atomic E-state index is 12.8. The minimum Gasteiger partial charge on any atom is -0.435 e. The average molecular weight is 424 g/mol. The lowest BCUT2D eigenvalue weighted by Gasteiger charge is -2.19. The van der Waals surface area contributed by atoms with E-state index < -0.39 is 12.7 Å². The molecular formula is C24H22F2N2O3. The van der Waals surface area contributed by atoms with Crippen LogP contribution in [0.4, 0.5) is 8.78 Å². The Kier molecular flexibility index (Phi) is 7.70. The first-order valence-electron chi connectivity index (χ1n) is 9.75. The highest BCUT2D eigenvalue weighted by Gasteiger charge is 2.22. The van der Waals surface area contributed by atoms with Gasteiger partial charge >= 0.3 is 6.61 Å². The summed E-state index contributed by atoms with van der Waals surface area (Å²) in [6.07, 6.45) is 0.495. The molecule has 2 N–H and O–H groups in total. The predicted molar refractivity (Wildman–Crippen MR) is 113 cm³/mol. The highest BCUT2D eigenvalue weighted by atomic mass is 19.3. The molecule has 2 amide bonds. The standard InChI is InChI=1S/C24H22F2N2O3/c25-24(26)31-20-13-11-17(12-14-20)15-16-27-23(30)21(18-7-3-1-4-8-18)28-22(29)19-9-5-2-6-10-19/h1-14,21,24H,15-16H2,(H,27,30)(H,28,29). The summed E-state index contributed by atoms with van der Waals surface area (Å²) < 4.78 is 28.8. The van der Waals surface area contributed by atoms with Crippen molar-refractivity contribution in [3.63, 3.8) is 0 Å². The molecule has 5 nitrogen and oxygen atoms in total. The summed E-state index contributed by atoms with van der Waals surface area (Å²) in [6, 6.07) is 23.0. The van der Waals surface area contributed by atoms with Crippen LogP contribution < -0.4 is 15.4 Å². The topological polar surface area (TPSA) is 67.4 Å². The molecule has 1 atom stereocenters. The van der Waals surface area contributed by atoms with Gasteiger partial charge in [-0.2, -0.15) is 8.78 Å². The number of carbonyl (C=O) groups excluding carboxylic acids is 2. The highest BCUT2D eigenvalue weighted by molar-refractivity contribution is 5.97. The number of nitrogens with one attached hydrogen (secondary N) is 2. The average Bonchev–Trinajstić information content (AvgIpc) is 2.79. The molecule has 1 unspecified atom stereocenters. The quantitative estimate of drug-likeness (QED) is 0.543. The van der Waals surface area contributed by atoms with Gasteiger partial charge < -0.3 is 15.4 Å². The molecule has 7 heteroatoms. The fourth-order valence-corrected chi connectivity index (χ4v) is 3.02. The van der Waals surface area contributed by atoms with E-state index in [0.29, 0.717) is 24.1 Å². The van der Waals surface area contributed by atoms with Crippen molar-refractivity contribution < 1.29 is 23.1 Å². The van der Waals surface area contributed by atoms with E-state index in [1.54, 1.807) is 60.7 Å². The van der Waals surface area contributed by atoms with Crippen LogP contribution in [0.2, 0.25) is 0 Å². The highest BCUT2D eigenvalue weighted by Crippen LogP contribution is 2.16. The van der Waals surface area contributed by atoms with Crippen molar-refractivity contribution in [2.45, 2.75) is 19.1 Å². The Hall–Kier alpha value is -3.74. The third kappa shape index (κ3) is 6.64. The van der Waals surface area contributed by atoms with Gasteiger partial charge in [0.2, 0.25) is 5.91 Å². The number of carbonyl (C=O) groups is 2. The molecule has 0 aliphatic carbocycles. The van der Waals surface area contributed by atoms with E-state index in [9.17, 15) is 18.4 Å². The summed E-state index contributed by atoms with van der Waals surface area (Å²) >= 11 is 0. The second-order valence-electron chi connectivity index (χ2n) is 6.75. The van der Waals surface area contributed by atoms with E-state index in [1.807, 2.05) is 12.1 Å². The van der Waals surface area contributed by atoms with Gasteiger partial charge in [-0.1, -0.05) is 60.7 Å². The number of hydrogen-bond acceptors (Lipinski definition) is 3. The summed E-state index contributed by atoms with van der Waals surface area (Å²) in [5.41, 5.74) is 1.98. The number of amides is 2. The summed E-state index contributed by atoms with van der Waals surface area (Å²) in [5.74, 6) is -0.608. The lowest BCUT2D eigenvalue weighted by atomic mass is 10.0. The van der Waals surface area contributed by atoms with Crippen molar-refractivity contribution in [1.82, 2.24) is 10.6 Å². The third-order valence-corrected chi connectivity index (χ3v) is 4.57. The van der Waals surface area contributed by atoms with E-state index in [4.69, 9.17) is 0 Å². The molecule has 3 aromatic carbocycles. The number of halogens is 2. The molecule has 0 aromatic heterocycles. The number of rotatable bonds is 9. The first kappa shape index (κ1) is 22.0. The maximum Gasteiger partial charge on any atom is 0.387 e. The van der Waals surface area contributed by atoms with Crippen LogP contribution in [-0.2, 0) is 11.2 Å². The molecule has 160 valence electrons. The van der Waals surface area contributed by atoms with Crippen molar-refractivity contribution in [3.8, 4) is 5.75 Å². The van der Waals surface area contributed by atoms with E-state index in [2.05, 4.69) is 15.4 Å². The Bertz CT molecular complexity index is 981. The Morgan fingerprint density at radius 1 is 0.839 bits per heavy atom. The fourth-order valence-electron chi connectivity index (χ4n) is 3.02. The molecule has 0 heterocycles. The van der Waals surface area contributed by atoms with Gasteiger partial charge in [0.25, 0.3) is 5.91 Å². The summed E-state index contributed by atoms with van der Waals surface area (Å²) in [4.78, 5) is 25.4. The molecule has 0 bridgehead atoms. The SMILES string of the molecule is O=C(NC(C(=O)NCCc1ccc(OC(F)F)cc1)c1ccccc1)c1ccccc1. The lowest BCUT2D eigenvalue weighted by Crippen LogP contribution is -2.41. The zero-order valence-electron chi connectivity index (χ0n) is 16.6. The Labute approximate surface area is 179 Å². The largest absolute Gasteiger partial charge is 0.435 e. The molecule has 0 fully saturated rings. The molecular weight excluding hydrogens is 402 g/mol. The Morgan fingerprint density at radius 3 is 2.06 bits per heavy atom.